The van der Waals surface area contributed by atoms with Gasteiger partial charge in [-0.3, -0.25) is 4.79 Å². The highest BCUT2D eigenvalue weighted by Crippen LogP contribution is 2.06. The van der Waals surface area contributed by atoms with E-state index >= 15 is 0 Å². The monoisotopic (exact) mass is 259 g/mol. The van der Waals surface area contributed by atoms with Crippen molar-refractivity contribution in [2.75, 3.05) is 18.4 Å². The second-order valence-electron chi connectivity index (χ2n) is 4.02. The molecule has 0 aliphatic heterocycles. The zero-order valence-corrected chi connectivity index (χ0v) is 10.8. The smallest absolute Gasteiger partial charge is 0.251 e. The number of nitrogens with zero attached hydrogens (tertiary/aromatic N) is 3. The third-order valence-electron chi connectivity index (χ3n) is 2.59. The largest absolute Gasteiger partial charge is 0.370 e. The van der Waals surface area contributed by atoms with E-state index in [-0.39, 0.29) is 5.91 Å². The molecule has 2 aromatic rings. The van der Waals surface area contributed by atoms with Crippen molar-refractivity contribution in [2.24, 2.45) is 0 Å². The summed E-state index contributed by atoms with van der Waals surface area (Å²) in [6.45, 7) is 4.03. The average molecular weight is 259 g/mol. The van der Waals surface area contributed by atoms with Crippen LogP contribution in [0, 0.1) is 0 Å². The Balaban J connectivity index is 1.87. The van der Waals surface area contributed by atoms with Gasteiger partial charge in [0.1, 0.15) is 5.82 Å². The molecule has 0 radical (unpaired) electrons. The van der Waals surface area contributed by atoms with Gasteiger partial charge in [-0.25, -0.2) is 9.97 Å². The number of carbonyl (C=O) groups is 1. The minimum atomic E-state index is -0.0957. The van der Waals surface area contributed by atoms with Crippen molar-refractivity contribution in [3.8, 4) is 0 Å². The van der Waals surface area contributed by atoms with Crippen LogP contribution in [0.4, 0.5) is 5.82 Å². The predicted molar refractivity (Wildman–Crippen MR) is 73.0 cm³/mol. The Morgan fingerprint density at radius 1 is 1.42 bits per heavy atom. The lowest BCUT2D eigenvalue weighted by Gasteiger charge is -2.07. The molecule has 6 heteroatoms. The predicted octanol–water partition coefficient (Wildman–Crippen LogP) is 1.14. The standard InChI is InChI=1S/C13H17N5O/c1-2-15-12-9-11(3-4-16-12)13(19)17-6-8-18-7-5-14-10-18/h3-5,7,9-10H,2,6,8H2,1H3,(H,15,16)(H,17,19). The molecule has 0 aliphatic carbocycles. The molecule has 100 valence electrons. The Morgan fingerprint density at radius 3 is 3.05 bits per heavy atom. The second-order valence-corrected chi connectivity index (χ2v) is 4.02. The van der Waals surface area contributed by atoms with Crippen LogP contribution < -0.4 is 10.6 Å². The van der Waals surface area contributed by atoms with E-state index in [0.29, 0.717) is 24.5 Å². The summed E-state index contributed by atoms with van der Waals surface area (Å²) in [6, 6.07) is 3.45. The Kier molecular flexibility index (Phi) is 4.49. The van der Waals surface area contributed by atoms with Gasteiger partial charge in [-0.15, -0.1) is 0 Å². The Bertz CT molecular complexity index is 524. The molecule has 6 nitrogen and oxygen atoms in total. The van der Waals surface area contributed by atoms with Gasteiger partial charge in [-0.05, 0) is 19.1 Å². The number of hydrogen-bond donors (Lipinski definition) is 2. The first-order valence-electron chi connectivity index (χ1n) is 6.23. The van der Waals surface area contributed by atoms with E-state index in [1.165, 1.54) is 0 Å². The summed E-state index contributed by atoms with van der Waals surface area (Å²) in [5.41, 5.74) is 0.608. The van der Waals surface area contributed by atoms with Crippen molar-refractivity contribution in [2.45, 2.75) is 13.5 Å². The fraction of sp³-hybridized carbons (Fsp3) is 0.308. The van der Waals surface area contributed by atoms with Gasteiger partial charge in [0.05, 0.1) is 6.33 Å². The number of nitrogens with one attached hydrogen (secondary N) is 2. The highest BCUT2D eigenvalue weighted by molar-refractivity contribution is 5.94. The van der Waals surface area contributed by atoms with Crippen LogP contribution in [0.2, 0.25) is 0 Å². The highest BCUT2D eigenvalue weighted by atomic mass is 16.1. The molecular weight excluding hydrogens is 242 g/mol. The number of anilines is 1. The van der Waals surface area contributed by atoms with Gasteiger partial charge in [0.2, 0.25) is 0 Å². The molecule has 0 fully saturated rings. The molecule has 2 aromatic heterocycles. The Labute approximate surface area is 111 Å². The average Bonchev–Trinajstić information content (AvgIpc) is 2.92. The van der Waals surface area contributed by atoms with Crippen molar-refractivity contribution in [3.63, 3.8) is 0 Å². The fourth-order valence-corrected chi connectivity index (χ4v) is 1.67. The molecule has 19 heavy (non-hydrogen) atoms. The number of imidazole rings is 1. The SMILES string of the molecule is CCNc1cc(C(=O)NCCn2ccnc2)ccn1. The lowest BCUT2D eigenvalue weighted by atomic mass is 10.2. The maximum Gasteiger partial charge on any atom is 0.251 e. The van der Waals surface area contributed by atoms with Crippen LogP contribution in [0.25, 0.3) is 0 Å². The summed E-state index contributed by atoms with van der Waals surface area (Å²) in [5.74, 6) is 0.617. The van der Waals surface area contributed by atoms with E-state index in [2.05, 4.69) is 20.6 Å². The normalized spacial score (nSPS) is 10.2. The molecule has 0 unspecified atom stereocenters. The van der Waals surface area contributed by atoms with Gasteiger partial charge < -0.3 is 15.2 Å². The fourth-order valence-electron chi connectivity index (χ4n) is 1.67. The first kappa shape index (κ1) is 13.1. The molecule has 0 aliphatic rings. The van der Waals surface area contributed by atoms with Gasteiger partial charge in [-0.1, -0.05) is 0 Å². The molecule has 2 N–H and O–H groups in total. The Hall–Kier alpha value is -2.37. The zero-order valence-electron chi connectivity index (χ0n) is 10.8. The van der Waals surface area contributed by atoms with Gasteiger partial charge in [0.15, 0.2) is 0 Å². The second kappa shape index (κ2) is 6.53. The summed E-state index contributed by atoms with van der Waals surface area (Å²) in [7, 11) is 0. The summed E-state index contributed by atoms with van der Waals surface area (Å²) in [4.78, 5) is 20.0. The van der Waals surface area contributed by atoms with Crippen molar-refractivity contribution in [1.82, 2.24) is 19.9 Å². The number of rotatable bonds is 6. The molecule has 2 heterocycles. The van der Waals surface area contributed by atoms with Gasteiger partial charge >= 0.3 is 0 Å². The topological polar surface area (TPSA) is 71.8 Å². The molecule has 0 saturated heterocycles. The van der Waals surface area contributed by atoms with E-state index in [4.69, 9.17) is 0 Å². The summed E-state index contributed by atoms with van der Waals surface area (Å²) in [6.07, 6.45) is 6.93. The number of hydrogen-bond acceptors (Lipinski definition) is 4. The van der Waals surface area contributed by atoms with Crippen molar-refractivity contribution < 1.29 is 4.79 Å². The maximum absolute atomic E-state index is 11.9. The summed E-state index contributed by atoms with van der Waals surface area (Å²) in [5, 5.41) is 5.94. The van der Waals surface area contributed by atoms with Crippen LogP contribution in [0.1, 0.15) is 17.3 Å². The zero-order chi connectivity index (χ0) is 13.5. The van der Waals surface area contributed by atoms with E-state index < -0.39 is 0 Å². The molecule has 1 amide bonds. The quantitative estimate of drug-likeness (QED) is 0.816. The third-order valence-corrected chi connectivity index (χ3v) is 2.59. The van der Waals surface area contributed by atoms with Crippen molar-refractivity contribution in [1.29, 1.82) is 0 Å². The van der Waals surface area contributed by atoms with E-state index in [1.54, 1.807) is 30.9 Å². The number of pyridine rings is 1. The summed E-state index contributed by atoms with van der Waals surface area (Å²) >= 11 is 0. The lowest BCUT2D eigenvalue weighted by Crippen LogP contribution is -2.27. The Morgan fingerprint density at radius 2 is 2.32 bits per heavy atom. The third kappa shape index (κ3) is 3.80. The molecule has 0 aromatic carbocycles. The minimum absolute atomic E-state index is 0.0957. The van der Waals surface area contributed by atoms with Gasteiger partial charge in [0.25, 0.3) is 5.91 Å². The van der Waals surface area contributed by atoms with Crippen molar-refractivity contribution >= 4 is 11.7 Å². The highest BCUT2D eigenvalue weighted by Gasteiger charge is 2.05. The van der Waals surface area contributed by atoms with Gasteiger partial charge in [-0.2, -0.15) is 0 Å². The molecule has 0 spiro atoms. The first-order chi connectivity index (χ1) is 9.29. The first-order valence-corrected chi connectivity index (χ1v) is 6.23. The minimum Gasteiger partial charge on any atom is -0.370 e. The van der Waals surface area contributed by atoms with Gasteiger partial charge in [0, 0.05) is 43.8 Å². The number of aromatic nitrogens is 3. The van der Waals surface area contributed by atoms with E-state index in [0.717, 1.165) is 6.54 Å². The van der Waals surface area contributed by atoms with Crippen molar-refractivity contribution in [3.05, 3.63) is 42.6 Å². The number of carbonyl (C=O) groups excluding carboxylic acids is 1. The molecule has 0 saturated carbocycles. The maximum atomic E-state index is 11.9. The van der Waals surface area contributed by atoms with Crippen LogP contribution in [0.5, 0.6) is 0 Å². The van der Waals surface area contributed by atoms with Crippen LogP contribution in [-0.4, -0.2) is 33.5 Å². The molecular formula is C13H17N5O. The van der Waals surface area contributed by atoms with Crippen LogP contribution >= 0.6 is 0 Å². The van der Waals surface area contributed by atoms with E-state index in [9.17, 15) is 4.79 Å². The van der Waals surface area contributed by atoms with E-state index in [1.807, 2.05) is 17.7 Å². The summed E-state index contributed by atoms with van der Waals surface area (Å²) < 4.78 is 1.91. The number of amides is 1. The lowest BCUT2D eigenvalue weighted by molar-refractivity contribution is 0.0952. The van der Waals surface area contributed by atoms with Crippen LogP contribution in [0.3, 0.4) is 0 Å². The molecule has 0 atom stereocenters. The van der Waals surface area contributed by atoms with Crippen LogP contribution in [0.15, 0.2) is 37.1 Å². The van der Waals surface area contributed by atoms with Crippen LogP contribution in [-0.2, 0) is 6.54 Å². The molecule has 0 bridgehead atoms. The molecule has 2 rings (SSSR count).